The molecule has 29 heteroatoms. The molecule has 12 rings (SSSR count). The number of aromatic hydroxyl groups is 2. The number of aromatic nitrogens is 5. The SMILES string of the molecule is CN1CCN(c2cccc[n+]2O)CC1.CN1CC[NH2+]CC1.Nc1cccc(C(=O)N2CCN(c3cccc[n+]3O)CC2)c1O.O=C(c1cccc([N+](=O)[O-])c1O)N1CCN(c2cccc[n+]2O)CC1.O[n+]1ccccc1Br.O[n+]1ccccc1N1CCNCC1. The van der Waals surface area contributed by atoms with Gasteiger partial charge in [0.2, 0.25) is 11.9 Å². The van der Waals surface area contributed by atoms with Crippen LogP contribution in [0.1, 0.15) is 20.7 Å². The number of likely N-dealkylation sites (N-methyl/N-ethyl adjacent to an activating group) is 2. The maximum Gasteiger partial charge on any atom is 0.316 e. The quantitative estimate of drug-likeness (QED) is 0.0195. The number of carbonyl (C=O) groups excluding carboxylic acids is 2. The molecule has 0 bridgehead atoms. The van der Waals surface area contributed by atoms with E-state index >= 15 is 0 Å². The normalized spacial score (nSPS) is 15.9. The molecule has 0 aliphatic carbocycles. The van der Waals surface area contributed by atoms with E-state index < -0.39 is 22.3 Å². The molecule has 0 atom stereocenters. The zero-order valence-electron chi connectivity index (χ0n) is 50.7. The lowest BCUT2D eigenvalue weighted by atomic mass is 10.1. The zero-order valence-corrected chi connectivity index (χ0v) is 52.3. The van der Waals surface area contributed by atoms with Gasteiger partial charge in [0.15, 0.2) is 5.75 Å². The van der Waals surface area contributed by atoms with Crippen LogP contribution in [-0.2, 0) is 0 Å². The summed E-state index contributed by atoms with van der Waals surface area (Å²) in [4.78, 5) is 51.4. The lowest BCUT2D eigenvalue weighted by molar-refractivity contribution is -0.913. The summed E-state index contributed by atoms with van der Waals surface area (Å²) in [5.41, 5.74) is 5.48. The van der Waals surface area contributed by atoms with Crippen molar-refractivity contribution in [2.75, 3.05) is 170 Å². The largest absolute Gasteiger partial charge is 0.505 e. The summed E-state index contributed by atoms with van der Waals surface area (Å²) in [6.07, 6.45) is 7.95. The summed E-state index contributed by atoms with van der Waals surface area (Å²) in [5.74, 6) is 1.57. The number of benzene rings is 2. The molecule has 2 amide bonds. The molecule has 5 aliphatic heterocycles. The predicted molar refractivity (Wildman–Crippen MR) is 334 cm³/mol. The van der Waals surface area contributed by atoms with Crippen molar-refractivity contribution in [3.63, 3.8) is 0 Å². The van der Waals surface area contributed by atoms with Crippen molar-refractivity contribution in [2.45, 2.75) is 0 Å². The highest BCUT2D eigenvalue weighted by molar-refractivity contribution is 9.10. The molecule has 5 saturated heterocycles. The van der Waals surface area contributed by atoms with Gasteiger partial charge >= 0.3 is 29.0 Å². The number of nitrogen functional groups attached to an aromatic ring is 1. The maximum atomic E-state index is 12.6. The molecular formula is C61H84BrN17O11+6. The second-order valence-corrected chi connectivity index (χ2v) is 22.2. The monoisotopic (exact) mass is 1310 g/mol. The number of nitrogens with two attached hydrogens (primary N) is 2. The van der Waals surface area contributed by atoms with E-state index in [0.717, 1.165) is 84.3 Å². The minimum Gasteiger partial charge on any atom is -0.505 e. The first-order chi connectivity index (χ1) is 43.4. The Bertz CT molecular complexity index is 3390. The van der Waals surface area contributed by atoms with Crippen LogP contribution in [0.5, 0.6) is 11.5 Å². The van der Waals surface area contributed by atoms with Gasteiger partial charge in [0, 0.05) is 102 Å². The molecule has 0 spiro atoms. The number of para-hydroxylation sites is 2. The number of phenols is 2. The Morgan fingerprint density at radius 3 is 1.19 bits per heavy atom. The Labute approximate surface area is 530 Å². The molecule has 12 N–H and O–H groups in total. The molecular weight excluding hydrogens is 1230 g/mol. The first kappa shape index (κ1) is 67.9. The first-order valence-electron chi connectivity index (χ1n) is 29.6. The van der Waals surface area contributed by atoms with E-state index in [-0.39, 0.29) is 28.5 Å². The van der Waals surface area contributed by atoms with Crippen LogP contribution in [0.15, 0.2) is 163 Å². The number of quaternary nitrogens is 1. The van der Waals surface area contributed by atoms with Gasteiger partial charge in [-0.05, 0) is 62.6 Å². The predicted octanol–water partition coefficient (Wildman–Crippen LogP) is 0.302. The molecule has 0 radical (unpaired) electrons. The van der Waals surface area contributed by atoms with Gasteiger partial charge in [-0.2, -0.15) is 0 Å². The minimum atomic E-state index is -0.723. The van der Waals surface area contributed by atoms with Crippen molar-refractivity contribution in [1.29, 1.82) is 0 Å². The number of nitro benzene ring substituents is 1. The number of piperazine rings is 5. The molecule has 480 valence electrons. The molecule has 2 aromatic carbocycles. The van der Waals surface area contributed by atoms with Crippen molar-refractivity contribution >= 4 is 62.4 Å². The number of nitro groups is 1. The van der Waals surface area contributed by atoms with Crippen molar-refractivity contribution in [1.82, 2.24) is 24.9 Å². The number of nitrogens with zero attached hydrogens (tertiary/aromatic N) is 14. The highest BCUT2D eigenvalue weighted by Crippen LogP contribution is 2.31. The summed E-state index contributed by atoms with van der Waals surface area (Å²) in [6, 6.07) is 36.1. The van der Waals surface area contributed by atoms with Crippen LogP contribution in [0.4, 0.5) is 34.6 Å². The average molecular weight is 1310 g/mol. The van der Waals surface area contributed by atoms with Crippen molar-refractivity contribution < 1.29 is 79.7 Å². The first-order valence-corrected chi connectivity index (χ1v) is 30.4. The summed E-state index contributed by atoms with van der Waals surface area (Å²) in [7, 11) is 4.29. The van der Waals surface area contributed by atoms with E-state index in [9.17, 15) is 50.7 Å². The number of anilines is 5. The lowest BCUT2D eigenvalue weighted by Gasteiger charge is -2.31. The highest BCUT2D eigenvalue weighted by atomic mass is 79.9. The van der Waals surface area contributed by atoms with Gasteiger partial charge in [0.25, 0.3) is 16.4 Å². The third-order valence-electron chi connectivity index (χ3n) is 15.3. The topological polar surface area (TPSA) is 319 Å². The number of rotatable bonds is 7. The van der Waals surface area contributed by atoms with Crippen molar-refractivity contribution in [3.8, 4) is 11.5 Å². The smallest absolute Gasteiger partial charge is 0.316 e. The number of halogens is 1. The van der Waals surface area contributed by atoms with Gasteiger partial charge < -0.3 is 57.2 Å². The second kappa shape index (κ2) is 34.3. The minimum absolute atomic E-state index is 0.0837. The van der Waals surface area contributed by atoms with Gasteiger partial charge in [0.1, 0.15) is 51.0 Å². The molecule has 28 nitrogen and oxygen atoms in total. The van der Waals surface area contributed by atoms with E-state index in [4.69, 9.17) is 10.9 Å². The maximum absolute atomic E-state index is 12.6. The van der Waals surface area contributed by atoms with Gasteiger partial charge in [-0.3, -0.25) is 54.3 Å². The molecule has 5 fully saturated rings. The summed E-state index contributed by atoms with van der Waals surface area (Å²) in [5, 5.41) is 84.0. The molecule has 7 aromatic rings. The van der Waals surface area contributed by atoms with Crippen LogP contribution in [0.3, 0.4) is 0 Å². The van der Waals surface area contributed by atoms with Crippen LogP contribution in [0.25, 0.3) is 0 Å². The fraction of sp³-hybridized carbons (Fsp3) is 0.361. The van der Waals surface area contributed by atoms with Gasteiger partial charge in [0.05, 0.1) is 87.2 Å². The molecule has 10 heterocycles. The summed E-state index contributed by atoms with van der Waals surface area (Å²) < 4.78 is 6.10. The van der Waals surface area contributed by atoms with Crippen molar-refractivity contribution in [3.05, 3.63) is 184 Å². The lowest BCUT2D eigenvalue weighted by Crippen LogP contribution is -2.89. The standard InChI is InChI=1S/C16H16N4O5.C16H18N4O3.C10H16N3O.C9H14N3O.C5H5BrNO.C5H12N2/c21-15-12(4-3-5-13(15)20(24)25)16(22)18-10-8-17(9-11-18)14-6-1-2-7-19(14)23;17-13-5-3-4-12(15(13)21)16(22)19-10-8-18(9-11-19)14-6-1-2-7-20(14)23;1-11-6-8-12(9-7-11)10-4-2-3-5-13(10)14;13-12-6-2-1-3-9(12)11-7-4-10-5-8-11;6-5-3-1-2-4-7(5)8;1-7-4-2-6-3-5-7/h1-7H,8-11H2,(H-,21,22,23);1-7H,8-11,17H2,(H-,21,22,23);2-5,14H,6-9H2,1H3;1-3,6,10,13H,4-5,7-8H2;1-4,8H;6H,2-5H2,1H3/q;;3*+1;/p+3. The van der Waals surface area contributed by atoms with Gasteiger partial charge in [-0.15, -0.1) is 0 Å². The second-order valence-electron chi connectivity index (χ2n) is 21.4. The fourth-order valence-electron chi connectivity index (χ4n) is 10.1. The van der Waals surface area contributed by atoms with Gasteiger partial charge in [-0.1, -0.05) is 55.3 Å². The molecule has 90 heavy (non-hydrogen) atoms. The van der Waals surface area contributed by atoms with Crippen LogP contribution in [0.2, 0.25) is 0 Å². The van der Waals surface area contributed by atoms with Crippen LogP contribution in [-0.4, -0.2) is 218 Å². The Morgan fingerprint density at radius 2 is 0.833 bits per heavy atom. The number of pyridine rings is 5. The number of phenolic OH excluding ortho intramolecular Hbond substituents is 2. The Hall–Kier alpha value is -9.55. The molecule has 5 aliphatic rings. The summed E-state index contributed by atoms with van der Waals surface area (Å²) >= 11 is 3.11. The highest BCUT2D eigenvalue weighted by Gasteiger charge is 2.33. The number of amides is 2. The third-order valence-corrected chi connectivity index (χ3v) is 15.9. The van der Waals surface area contributed by atoms with E-state index in [1.807, 2.05) is 64.4 Å². The average Bonchev–Trinajstić information content (AvgIpc) is 3.24. The fourth-order valence-corrected chi connectivity index (χ4v) is 10.4. The van der Waals surface area contributed by atoms with E-state index in [2.05, 4.69) is 60.3 Å². The van der Waals surface area contributed by atoms with Crippen LogP contribution in [0, 0.1) is 10.1 Å². The van der Waals surface area contributed by atoms with E-state index in [1.165, 1.54) is 58.9 Å². The number of nitrogens with one attached hydrogen (secondary N) is 1. The Balaban J connectivity index is 0.000000162. The van der Waals surface area contributed by atoms with Crippen LogP contribution >= 0.6 is 15.9 Å². The number of hydrogen-bond acceptors (Lipinski definition) is 19. The Kier molecular flexibility index (Phi) is 25.9. The van der Waals surface area contributed by atoms with Gasteiger partial charge in [-0.25, -0.2) is 0 Å². The number of carbonyl (C=O) groups is 2. The van der Waals surface area contributed by atoms with Crippen molar-refractivity contribution in [2.24, 2.45) is 0 Å². The zero-order chi connectivity index (χ0) is 64.5. The number of hydrogen-bond donors (Lipinski definition) is 10. The summed E-state index contributed by atoms with van der Waals surface area (Å²) in [6.45, 7) is 16.9. The third kappa shape index (κ3) is 19.5. The molecule has 0 saturated carbocycles. The van der Waals surface area contributed by atoms with Crippen LogP contribution < -0.4 is 59.6 Å². The molecule has 5 aromatic heterocycles. The van der Waals surface area contributed by atoms with E-state index in [0.29, 0.717) is 68.6 Å². The Morgan fingerprint density at radius 1 is 0.478 bits per heavy atom. The van der Waals surface area contributed by atoms with E-state index in [1.54, 1.807) is 84.3 Å². The molecule has 0 unspecified atom stereocenters.